The van der Waals surface area contributed by atoms with E-state index in [9.17, 15) is 0 Å². The van der Waals surface area contributed by atoms with Crippen molar-refractivity contribution < 1.29 is 0 Å². The fourth-order valence-corrected chi connectivity index (χ4v) is 1.63. The molecule has 0 aromatic heterocycles. The molecule has 1 heteroatoms. The number of hydrogen-bond donors (Lipinski definition) is 1. The van der Waals surface area contributed by atoms with Crippen molar-refractivity contribution in [1.29, 1.82) is 0 Å². The predicted molar refractivity (Wildman–Crippen MR) is 62.4 cm³/mol. The lowest BCUT2D eigenvalue weighted by Gasteiger charge is -2.28. The highest BCUT2D eigenvalue weighted by molar-refractivity contribution is 5.19. The molecule has 78 valence electrons. The first kappa shape index (κ1) is 11.3. The zero-order valence-electron chi connectivity index (χ0n) is 9.67. The summed E-state index contributed by atoms with van der Waals surface area (Å²) in [6.45, 7) is 8.84. The summed E-state index contributed by atoms with van der Waals surface area (Å²) < 4.78 is 0. The van der Waals surface area contributed by atoms with E-state index < -0.39 is 0 Å². The van der Waals surface area contributed by atoms with E-state index in [1.165, 1.54) is 5.56 Å². The van der Waals surface area contributed by atoms with E-state index in [2.05, 4.69) is 63.3 Å². The molecule has 14 heavy (non-hydrogen) atoms. The molecule has 0 aliphatic rings. The smallest absolute Gasteiger partial charge is 0.0322 e. The third kappa shape index (κ3) is 3.51. The van der Waals surface area contributed by atoms with Crippen LogP contribution >= 0.6 is 0 Å². The summed E-state index contributed by atoms with van der Waals surface area (Å²) in [6.07, 6.45) is 1.13. The van der Waals surface area contributed by atoms with E-state index in [-0.39, 0.29) is 5.54 Å². The summed E-state index contributed by atoms with van der Waals surface area (Å²) >= 11 is 0. The molecule has 0 saturated carbocycles. The van der Waals surface area contributed by atoms with E-state index in [0.717, 1.165) is 6.42 Å². The van der Waals surface area contributed by atoms with Gasteiger partial charge in [0, 0.05) is 11.6 Å². The van der Waals surface area contributed by atoms with Crippen LogP contribution in [0.15, 0.2) is 30.3 Å². The topological polar surface area (TPSA) is 12.0 Å². The van der Waals surface area contributed by atoms with Crippen LogP contribution in [0.2, 0.25) is 0 Å². The van der Waals surface area contributed by atoms with Gasteiger partial charge in [-0.15, -0.1) is 0 Å². The summed E-state index contributed by atoms with van der Waals surface area (Å²) in [5.74, 6) is 0. The quantitative estimate of drug-likeness (QED) is 0.770. The van der Waals surface area contributed by atoms with E-state index in [4.69, 9.17) is 0 Å². The molecule has 1 nitrogen and oxygen atoms in total. The van der Waals surface area contributed by atoms with Crippen LogP contribution in [0.5, 0.6) is 0 Å². The largest absolute Gasteiger partial charge is 0.305 e. The van der Waals surface area contributed by atoms with Gasteiger partial charge in [-0.3, -0.25) is 0 Å². The number of benzene rings is 1. The Labute approximate surface area is 87.5 Å². The van der Waals surface area contributed by atoms with Crippen molar-refractivity contribution in [2.45, 2.75) is 45.7 Å². The minimum Gasteiger partial charge on any atom is -0.305 e. The Balaban J connectivity index is 2.73. The Morgan fingerprint density at radius 1 is 1.14 bits per heavy atom. The Kier molecular flexibility index (Phi) is 3.70. The van der Waals surface area contributed by atoms with E-state index in [1.54, 1.807) is 0 Å². The highest BCUT2D eigenvalue weighted by Gasteiger charge is 2.16. The summed E-state index contributed by atoms with van der Waals surface area (Å²) in [5, 5.41) is 3.62. The molecular formula is C13H21N. The molecule has 1 aromatic rings. The summed E-state index contributed by atoms with van der Waals surface area (Å²) in [4.78, 5) is 0. The molecule has 0 fully saturated rings. The van der Waals surface area contributed by atoms with Gasteiger partial charge in [0.2, 0.25) is 0 Å². The molecule has 1 aromatic carbocycles. The monoisotopic (exact) mass is 191 g/mol. The summed E-state index contributed by atoms with van der Waals surface area (Å²) in [7, 11) is 0. The van der Waals surface area contributed by atoms with Gasteiger partial charge in [-0.05, 0) is 32.8 Å². The van der Waals surface area contributed by atoms with Crippen molar-refractivity contribution in [3.05, 3.63) is 35.9 Å². The van der Waals surface area contributed by atoms with Crippen LogP contribution in [-0.2, 0) is 0 Å². The van der Waals surface area contributed by atoms with Crippen molar-refractivity contribution in [3.63, 3.8) is 0 Å². The predicted octanol–water partition coefficient (Wildman–Crippen LogP) is 3.53. The molecule has 1 unspecified atom stereocenters. The molecule has 0 amide bonds. The summed E-state index contributed by atoms with van der Waals surface area (Å²) in [5.41, 5.74) is 1.56. The average Bonchev–Trinajstić information content (AvgIpc) is 2.14. The van der Waals surface area contributed by atoms with Gasteiger partial charge in [0.05, 0.1) is 0 Å². The molecular weight excluding hydrogens is 170 g/mol. The maximum absolute atomic E-state index is 3.62. The molecule has 0 radical (unpaired) electrons. The first-order valence-electron chi connectivity index (χ1n) is 5.35. The van der Waals surface area contributed by atoms with Crippen LogP contribution in [-0.4, -0.2) is 5.54 Å². The molecule has 0 aliphatic carbocycles. The fraction of sp³-hybridized carbons (Fsp3) is 0.538. The Morgan fingerprint density at radius 3 is 2.14 bits per heavy atom. The number of nitrogens with one attached hydrogen (secondary N) is 1. The summed E-state index contributed by atoms with van der Waals surface area (Å²) in [6, 6.07) is 11.1. The Hall–Kier alpha value is -0.820. The van der Waals surface area contributed by atoms with Gasteiger partial charge in [0.15, 0.2) is 0 Å². The average molecular weight is 191 g/mol. The van der Waals surface area contributed by atoms with Gasteiger partial charge in [0.1, 0.15) is 0 Å². The molecule has 0 bridgehead atoms. The molecule has 1 rings (SSSR count). The molecule has 0 heterocycles. The third-order valence-corrected chi connectivity index (χ3v) is 2.22. The second-order valence-corrected chi connectivity index (χ2v) is 4.77. The van der Waals surface area contributed by atoms with Crippen LogP contribution in [0.4, 0.5) is 0 Å². The van der Waals surface area contributed by atoms with Crippen LogP contribution in [0.25, 0.3) is 0 Å². The maximum atomic E-state index is 3.62. The zero-order chi connectivity index (χ0) is 10.6. The molecule has 1 atom stereocenters. The molecule has 0 spiro atoms. The van der Waals surface area contributed by atoms with Crippen molar-refractivity contribution in [2.75, 3.05) is 0 Å². The van der Waals surface area contributed by atoms with Gasteiger partial charge in [-0.2, -0.15) is 0 Å². The lowest BCUT2D eigenvalue weighted by molar-refractivity contribution is 0.357. The van der Waals surface area contributed by atoms with Crippen LogP contribution in [0.1, 0.15) is 45.7 Å². The highest BCUT2D eigenvalue weighted by atomic mass is 15.0. The van der Waals surface area contributed by atoms with Crippen molar-refractivity contribution in [3.8, 4) is 0 Å². The molecule has 0 aliphatic heterocycles. The van der Waals surface area contributed by atoms with Crippen LogP contribution < -0.4 is 5.32 Å². The first-order chi connectivity index (χ1) is 6.53. The fourth-order valence-electron chi connectivity index (χ4n) is 1.63. The lowest BCUT2D eigenvalue weighted by Crippen LogP contribution is -2.38. The highest BCUT2D eigenvalue weighted by Crippen LogP contribution is 2.19. The zero-order valence-corrected chi connectivity index (χ0v) is 9.67. The van der Waals surface area contributed by atoms with Crippen molar-refractivity contribution in [1.82, 2.24) is 5.32 Å². The second kappa shape index (κ2) is 4.61. The van der Waals surface area contributed by atoms with Crippen LogP contribution in [0, 0.1) is 0 Å². The third-order valence-electron chi connectivity index (χ3n) is 2.22. The van der Waals surface area contributed by atoms with Gasteiger partial charge >= 0.3 is 0 Å². The minimum absolute atomic E-state index is 0.177. The van der Waals surface area contributed by atoms with E-state index in [1.807, 2.05) is 0 Å². The van der Waals surface area contributed by atoms with Gasteiger partial charge < -0.3 is 5.32 Å². The normalized spacial score (nSPS) is 14.0. The molecule has 0 saturated heterocycles. The van der Waals surface area contributed by atoms with Gasteiger partial charge in [-0.1, -0.05) is 37.3 Å². The van der Waals surface area contributed by atoms with Gasteiger partial charge in [-0.25, -0.2) is 0 Å². The van der Waals surface area contributed by atoms with E-state index in [0.29, 0.717) is 6.04 Å². The number of rotatable bonds is 3. The Bertz CT molecular complexity index is 258. The minimum atomic E-state index is 0.177. The lowest BCUT2D eigenvalue weighted by atomic mass is 10.00. The van der Waals surface area contributed by atoms with Crippen molar-refractivity contribution in [2.24, 2.45) is 0 Å². The number of hydrogen-bond acceptors (Lipinski definition) is 1. The SMILES string of the molecule is CCC(NC(C)(C)C)c1ccccc1. The second-order valence-electron chi connectivity index (χ2n) is 4.77. The van der Waals surface area contributed by atoms with Crippen LogP contribution in [0.3, 0.4) is 0 Å². The van der Waals surface area contributed by atoms with Crippen molar-refractivity contribution >= 4 is 0 Å². The maximum Gasteiger partial charge on any atom is 0.0322 e. The van der Waals surface area contributed by atoms with Gasteiger partial charge in [0.25, 0.3) is 0 Å². The first-order valence-corrected chi connectivity index (χ1v) is 5.35. The Morgan fingerprint density at radius 2 is 1.71 bits per heavy atom. The molecule has 1 N–H and O–H groups in total. The van der Waals surface area contributed by atoms with E-state index >= 15 is 0 Å². The standard InChI is InChI=1S/C13H21N/c1-5-12(14-13(2,3)4)11-9-7-6-8-10-11/h6-10,12,14H,5H2,1-4H3.